The summed E-state index contributed by atoms with van der Waals surface area (Å²) in [5.41, 5.74) is 4.35. The average Bonchev–Trinajstić information content (AvgIpc) is 3.04. The van der Waals surface area contributed by atoms with Gasteiger partial charge in [-0.15, -0.1) is 0 Å². The number of hydrogen-bond donors (Lipinski definition) is 0. The molecule has 1 heterocycles. The molecular formula is C21H15NO. The molecule has 1 aliphatic heterocycles. The monoisotopic (exact) mass is 297 g/mol. The van der Waals surface area contributed by atoms with E-state index in [0.717, 1.165) is 45.3 Å². The number of hydrogen-bond acceptors (Lipinski definition) is 2. The fourth-order valence-electron chi connectivity index (χ4n) is 4.22. The number of Topliss-reactive ketones (excluding diaryl/α,β-unsaturated/α-hetero) is 1. The maximum atomic E-state index is 13.5. The molecule has 0 fully saturated rings. The predicted octanol–water partition coefficient (Wildman–Crippen LogP) is 4.62. The lowest BCUT2D eigenvalue weighted by molar-refractivity contribution is 0.0948. The van der Waals surface area contributed by atoms with Gasteiger partial charge < -0.3 is 0 Å². The number of nitrogens with zero attached hydrogens (tertiary/aromatic N) is 1. The van der Waals surface area contributed by atoms with Crippen LogP contribution in [0.25, 0.3) is 10.8 Å². The molecule has 1 aliphatic carbocycles. The zero-order valence-electron chi connectivity index (χ0n) is 12.8. The zero-order valence-corrected chi connectivity index (χ0v) is 12.8. The second-order valence-electron chi connectivity index (χ2n) is 6.45. The SMILES string of the molecule is CC1=Nc2ccccc2C12Cc1ccc3ccccc3c1C2=O. The lowest BCUT2D eigenvalue weighted by Crippen LogP contribution is -2.38. The average molecular weight is 297 g/mol. The van der Waals surface area contributed by atoms with Crippen LogP contribution in [-0.4, -0.2) is 11.5 Å². The first kappa shape index (κ1) is 12.8. The van der Waals surface area contributed by atoms with Gasteiger partial charge in [-0.3, -0.25) is 9.79 Å². The van der Waals surface area contributed by atoms with Crippen LogP contribution in [0.5, 0.6) is 0 Å². The molecule has 2 nitrogen and oxygen atoms in total. The predicted molar refractivity (Wildman–Crippen MR) is 92.9 cm³/mol. The van der Waals surface area contributed by atoms with Crippen molar-refractivity contribution in [3.8, 4) is 0 Å². The molecule has 0 saturated carbocycles. The van der Waals surface area contributed by atoms with Crippen molar-refractivity contribution in [2.45, 2.75) is 18.8 Å². The molecule has 5 rings (SSSR count). The van der Waals surface area contributed by atoms with Gasteiger partial charge in [-0.1, -0.05) is 54.6 Å². The van der Waals surface area contributed by atoms with Gasteiger partial charge in [-0.25, -0.2) is 0 Å². The van der Waals surface area contributed by atoms with Gasteiger partial charge in [0.2, 0.25) is 0 Å². The molecule has 0 radical (unpaired) electrons. The highest BCUT2D eigenvalue weighted by molar-refractivity contribution is 6.29. The Morgan fingerprint density at radius 1 is 0.957 bits per heavy atom. The third-order valence-corrected chi connectivity index (χ3v) is 5.36. The minimum Gasteiger partial charge on any atom is -0.293 e. The number of para-hydroxylation sites is 1. The first-order chi connectivity index (χ1) is 11.2. The summed E-state index contributed by atoms with van der Waals surface area (Å²) in [5.74, 6) is 0.204. The molecule has 0 N–H and O–H groups in total. The van der Waals surface area contributed by atoms with Gasteiger partial charge in [-0.2, -0.15) is 0 Å². The van der Waals surface area contributed by atoms with Crippen LogP contribution in [-0.2, 0) is 11.8 Å². The van der Waals surface area contributed by atoms with E-state index in [-0.39, 0.29) is 5.78 Å². The summed E-state index contributed by atoms with van der Waals surface area (Å²) in [4.78, 5) is 18.2. The van der Waals surface area contributed by atoms with E-state index in [1.54, 1.807) is 0 Å². The van der Waals surface area contributed by atoms with Crippen molar-refractivity contribution in [2.75, 3.05) is 0 Å². The van der Waals surface area contributed by atoms with Crippen LogP contribution in [0.15, 0.2) is 65.7 Å². The van der Waals surface area contributed by atoms with Crippen molar-refractivity contribution in [3.05, 3.63) is 77.4 Å². The molecule has 1 unspecified atom stereocenters. The number of benzene rings is 3. The third-order valence-electron chi connectivity index (χ3n) is 5.36. The van der Waals surface area contributed by atoms with Gasteiger partial charge in [-0.05, 0) is 41.3 Å². The van der Waals surface area contributed by atoms with Crippen molar-refractivity contribution in [3.63, 3.8) is 0 Å². The Hall–Kier alpha value is -2.74. The summed E-state index contributed by atoms with van der Waals surface area (Å²) in [5, 5.41) is 2.18. The highest BCUT2D eigenvalue weighted by Gasteiger charge is 2.53. The van der Waals surface area contributed by atoms with Crippen LogP contribution in [0.1, 0.15) is 28.4 Å². The maximum Gasteiger partial charge on any atom is 0.180 e. The van der Waals surface area contributed by atoms with Crippen LogP contribution in [0.3, 0.4) is 0 Å². The Morgan fingerprint density at radius 3 is 2.65 bits per heavy atom. The second kappa shape index (κ2) is 4.17. The number of carbonyl (C=O) groups excluding carboxylic acids is 1. The molecule has 110 valence electrons. The normalized spacial score (nSPS) is 21.6. The summed E-state index contributed by atoms with van der Waals surface area (Å²) in [6, 6.07) is 20.4. The highest BCUT2D eigenvalue weighted by Crippen LogP contribution is 2.49. The van der Waals surface area contributed by atoms with E-state index < -0.39 is 5.41 Å². The van der Waals surface area contributed by atoms with Crippen LogP contribution in [0, 0.1) is 0 Å². The van der Waals surface area contributed by atoms with Gasteiger partial charge in [0.25, 0.3) is 0 Å². The van der Waals surface area contributed by atoms with Crippen LogP contribution >= 0.6 is 0 Å². The van der Waals surface area contributed by atoms with Crippen molar-refractivity contribution < 1.29 is 4.79 Å². The summed E-state index contributed by atoms with van der Waals surface area (Å²) in [7, 11) is 0. The second-order valence-corrected chi connectivity index (χ2v) is 6.45. The van der Waals surface area contributed by atoms with E-state index in [1.807, 2.05) is 37.3 Å². The molecule has 0 aromatic heterocycles. The van der Waals surface area contributed by atoms with Crippen molar-refractivity contribution in [2.24, 2.45) is 4.99 Å². The molecule has 0 amide bonds. The fourth-order valence-corrected chi connectivity index (χ4v) is 4.22. The molecule has 3 aromatic rings. The Morgan fingerprint density at radius 2 is 1.74 bits per heavy atom. The first-order valence-electron chi connectivity index (χ1n) is 7.92. The van der Waals surface area contributed by atoms with E-state index in [4.69, 9.17) is 4.99 Å². The van der Waals surface area contributed by atoms with Crippen molar-refractivity contribution >= 4 is 28.0 Å². The van der Waals surface area contributed by atoms with Gasteiger partial charge in [0.05, 0.1) is 5.69 Å². The lowest BCUT2D eigenvalue weighted by atomic mass is 9.74. The quantitative estimate of drug-likeness (QED) is 0.595. The summed E-state index contributed by atoms with van der Waals surface area (Å²) in [6.45, 7) is 1.99. The first-order valence-corrected chi connectivity index (χ1v) is 7.92. The number of carbonyl (C=O) groups is 1. The molecule has 2 heteroatoms. The molecule has 1 atom stereocenters. The van der Waals surface area contributed by atoms with Crippen molar-refractivity contribution in [1.82, 2.24) is 0 Å². The minimum absolute atomic E-state index is 0.204. The largest absolute Gasteiger partial charge is 0.293 e. The van der Waals surface area contributed by atoms with Gasteiger partial charge in [0.15, 0.2) is 5.78 Å². The summed E-state index contributed by atoms with van der Waals surface area (Å²) >= 11 is 0. The number of rotatable bonds is 0. The van der Waals surface area contributed by atoms with Crippen molar-refractivity contribution in [1.29, 1.82) is 0 Å². The lowest BCUT2D eigenvalue weighted by Gasteiger charge is -2.23. The molecule has 1 spiro atoms. The van der Waals surface area contributed by atoms with E-state index in [2.05, 4.69) is 30.3 Å². The molecule has 2 aliphatic rings. The van der Waals surface area contributed by atoms with Crippen LogP contribution < -0.4 is 0 Å². The zero-order chi connectivity index (χ0) is 15.6. The molecule has 3 aromatic carbocycles. The van der Waals surface area contributed by atoms with Gasteiger partial charge in [0, 0.05) is 11.3 Å². The Balaban J connectivity index is 1.83. The highest BCUT2D eigenvalue weighted by atomic mass is 16.1. The van der Waals surface area contributed by atoms with E-state index >= 15 is 0 Å². The molecule has 0 saturated heterocycles. The van der Waals surface area contributed by atoms with Crippen LogP contribution in [0.2, 0.25) is 0 Å². The summed E-state index contributed by atoms with van der Waals surface area (Å²) < 4.78 is 0. The number of fused-ring (bicyclic) bond motifs is 5. The maximum absolute atomic E-state index is 13.5. The number of aliphatic imine (C=N–C) groups is 1. The minimum atomic E-state index is -0.594. The standard InChI is InChI=1S/C21H15NO/c1-13-21(17-8-4-5-9-18(17)22-13)12-15-11-10-14-6-2-3-7-16(14)19(15)20(21)23/h2-11H,12H2,1H3. The van der Waals surface area contributed by atoms with E-state index in [1.165, 1.54) is 0 Å². The smallest absolute Gasteiger partial charge is 0.180 e. The summed E-state index contributed by atoms with van der Waals surface area (Å²) in [6.07, 6.45) is 0.721. The third kappa shape index (κ3) is 1.43. The topological polar surface area (TPSA) is 29.4 Å². The Bertz CT molecular complexity index is 1030. The molecular weight excluding hydrogens is 282 g/mol. The van der Waals surface area contributed by atoms with E-state index in [9.17, 15) is 4.79 Å². The number of ketones is 1. The molecule has 0 bridgehead atoms. The van der Waals surface area contributed by atoms with E-state index in [0.29, 0.717) is 0 Å². The Kier molecular flexibility index (Phi) is 2.31. The van der Waals surface area contributed by atoms with Gasteiger partial charge >= 0.3 is 0 Å². The van der Waals surface area contributed by atoms with Gasteiger partial charge in [0.1, 0.15) is 5.41 Å². The van der Waals surface area contributed by atoms with Crippen LogP contribution in [0.4, 0.5) is 5.69 Å². The fraction of sp³-hybridized carbons (Fsp3) is 0.143. The Labute approximate surface area is 134 Å². The molecule has 23 heavy (non-hydrogen) atoms.